The molecule has 2 N–H and O–H groups in total. The van der Waals surface area contributed by atoms with Crippen LogP contribution in [0.1, 0.15) is 23.4 Å². The molecule has 1 unspecified atom stereocenters. The maximum atomic E-state index is 12.8. The number of sulfonamides is 1. The molecule has 1 aliphatic heterocycles. The summed E-state index contributed by atoms with van der Waals surface area (Å²) >= 11 is 1.68. The van der Waals surface area contributed by atoms with Gasteiger partial charge in [-0.05, 0) is 30.4 Å². The second kappa shape index (κ2) is 4.57. The first kappa shape index (κ1) is 13.6. The van der Waals surface area contributed by atoms with E-state index < -0.39 is 10.0 Å². The minimum Gasteiger partial charge on any atom is -0.381 e. The third-order valence-electron chi connectivity index (χ3n) is 3.63. The summed E-state index contributed by atoms with van der Waals surface area (Å²) in [4.78, 5) is 1.36. The van der Waals surface area contributed by atoms with Crippen molar-refractivity contribution in [3.63, 3.8) is 0 Å². The number of aromatic nitrogens is 2. The first-order valence-corrected chi connectivity index (χ1v) is 8.60. The molecule has 3 heterocycles. The topological polar surface area (TPSA) is 81.2 Å². The van der Waals surface area contributed by atoms with E-state index in [0.29, 0.717) is 6.54 Å². The maximum absolute atomic E-state index is 12.8. The number of hydrogen-bond donors (Lipinski definition) is 1. The molecule has 0 saturated heterocycles. The Morgan fingerprint density at radius 2 is 2.25 bits per heavy atom. The summed E-state index contributed by atoms with van der Waals surface area (Å²) in [5.41, 5.74) is 6.81. The Labute approximate surface area is 121 Å². The van der Waals surface area contributed by atoms with Crippen LogP contribution in [0, 0.1) is 0 Å². The predicted molar refractivity (Wildman–Crippen MR) is 78.0 cm³/mol. The summed E-state index contributed by atoms with van der Waals surface area (Å²) in [6, 6.07) is 1.83. The molecule has 0 bridgehead atoms. The molecule has 6 nitrogen and oxygen atoms in total. The van der Waals surface area contributed by atoms with Crippen molar-refractivity contribution < 1.29 is 8.42 Å². The fourth-order valence-electron chi connectivity index (χ4n) is 2.62. The van der Waals surface area contributed by atoms with Crippen LogP contribution in [0.3, 0.4) is 0 Å². The Bertz CT molecular complexity index is 747. The van der Waals surface area contributed by atoms with Gasteiger partial charge in [-0.15, -0.1) is 11.3 Å². The van der Waals surface area contributed by atoms with Crippen molar-refractivity contribution in [2.45, 2.75) is 24.3 Å². The molecular weight excluding hydrogens is 296 g/mol. The molecule has 20 heavy (non-hydrogen) atoms. The maximum Gasteiger partial charge on any atom is 0.248 e. The van der Waals surface area contributed by atoms with E-state index in [1.807, 2.05) is 18.4 Å². The molecule has 2 aromatic heterocycles. The van der Waals surface area contributed by atoms with E-state index in [0.717, 1.165) is 12.0 Å². The zero-order valence-corrected chi connectivity index (χ0v) is 12.9. The van der Waals surface area contributed by atoms with Gasteiger partial charge < -0.3 is 5.73 Å². The molecule has 0 spiro atoms. The van der Waals surface area contributed by atoms with E-state index in [-0.39, 0.29) is 16.8 Å². The third-order valence-corrected chi connectivity index (χ3v) is 6.61. The molecule has 2 aromatic rings. The highest BCUT2D eigenvalue weighted by Crippen LogP contribution is 2.36. The van der Waals surface area contributed by atoms with Crippen LogP contribution in [0.25, 0.3) is 0 Å². The van der Waals surface area contributed by atoms with Gasteiger partial charge >= 0.3 is 0 Å². The molecule has 1 aliphatic rings. The summed E-state index contributed by atoms with van der Waals surface area (Å²) in [6.45, 7) is 2.39. The molecule has 8 heteroatoms. The van der Waals surface area contributed by atoms with Crippen LogP contribution >= 0.6 is 11.3 Å². The van der Waals surface area contributed by atoms with Gasteiger partial charge in [-0.2, -0.15) is 9.40 Å². The second-order valence-electron chi connectivity index (χ2n) is 4.89. The van der Waals surface area contributed by atoms with Crippen LogP contribution in [0.5, 0.6) is 0 Å². The zero-order chi connectivity index (χ0) is 14.5. The minimum absolute atomic E-state index is 0.0517. The van der Waals surface area contributed by atoms with Gasteiger partial charge in [0.15, 0.2) is 5.82 Å². The molecule has 0 saturated carbocycles. The van der Waals surface area contributed by atoms with Crippen LogP contribution in [0.2, 0.25) is 0 Å². The normalized spacial score (nSPS) is 20.0. The number of hydrogen-bond acceptors (Lipinski definition) is 5. The standard InChI is InChI=1S/C12H16N4O2S2/c1-8-9-4-6-19-10(9)3-5-16(8)20(17,18)11-7-15(2)14-12(11)13/h4,6-8H,3,5H2,1-2H3,(H2,13,14). The van der Waals surface area contributed by atoms with Crippen LogP contribution in [-0.4, -0.2) is 29.0 Å². The summed E-state index contributed by atoms with van der Waals surface area (Å²) in [5.74, 6) is 0.0517. The fraction of sp³-hybridized carbons (Fsp3) is 0.417. The predicted octanol–water partition coefficient (Wildman–Crippen LogP) is 1.37. The lowest BCUT2D eigenvalue weighted by molar-refractivity contribution is 0.329. The summed E-state index contributed by atoms with van der Waals surface area (Å²) in [6.07, 6.45) is 2.21. The summed E-state index contributed by atoms with van der Waals surface area (Å²) in [7, 11) is -1.95. The molecule has 0 aliphatic carbocycles. The van der Waals surface area contributed by atoms with E-state index in [9.17, 15) is 8.42 Å². The molecule has 0 amide bonds. The first-order valence-electron chi connectivity index (χ1n) is 6.28. The Morgan fingerprint density at radius 1 is 1.50 bits per heavy atom. The lowest BCUT2D eigenvalue weighted by Crippen LogP contribution is -2.38. The lowest BCUT2D eigenvalue weighted by atomic mass is 10.0. The minimum atomic E-state index is -3.61. The number of anilines is 1. The van der Waals surface area contributed by atoms with E-state index in [1.165, 1.54) is 20.1 Å². The first-order chi connectivity index (χ1) is 9.41. The van der Waals surface area contributed by atoms with Crippen LogP contribution in [0.4, 0.5) is 5.82 Å². The van der Waals surface area contributed by atoms with E-state index in [2.05, 4.69) is 5.10 Å². The van der Waals surface area contributed by atoms with Gasteiger partial charge in [0.2, 0.25) is 10.0 Å². The molecule has 0 aromatic carbocycles. The second-order valence-corrected chi connectivity index (χ2v) is 7.75. The van der Waals surface area contributed by atoms with Gasteiger partial charge in [-0.1, -0.05) is 0 Å². The van der Waals surface area contributed by atoms with E-state index in [1.54, 1.807) is 18.4 Å². The van der Waals surface area contributed by atoms with Gasteiger partial charge in [0, 0.05) is 30.7 Å². The van der Waals surface area contributed by atoms with Crippen molar-refractivity contribution in [2.24, 2.45) is 7.05 Å². The van der Waals surface area contributed by atoms with Crippen LogP contribution < -0.4 is 5.73 Å². The van der Waals surface area contributed by atoms with Gasteiger partial charge in [-0.25, -0.2) is 8.42 Å². The third kappa shape index (κ3) is 1.95. The quantitative estimate of drug-likeness (QED) is 0.908. The summed E-state index contributed by atoms with van der Waals surface area (Å²) in [5, 5.41) is 5.93. The number of nitrogens with two attached hydrogens (primary N) is 1. The lowest BCUT2D eigenvalue weighted by Gasteiger charge is -2.32. The van der Waals surface area contributed by atoms with Crippen molar-refractivity contribution in [1.82, 2.24) is 14.1 Å². The molecule has 0 radical (unpaired) electrons. The molecule has 1 atom stereocenters. The highest BCUT2D eigenvalue weighted by atomic mass is 32.2. The SMILES string of the molecule is CC1c2ccsc2CCN1S(=O)(=O)c1cn(C)nc1N. The molecule has 108 valence electrons. The largest absolute Gasteiger partial charge is 0.381 e. The van der Waals surface area contributed by atoms with Gasteiger partial charge in [0.25, 0.3) is 0 Å². The van der Waals surface area contributed by atoms with E-state index in [4.69, 9.17) is 5.73 Å². The number of nitrogens with zero attached hydrogens (tertiary/aromatic N) is 3. The number of rotatable bonds is 2. The highest BCUT2D eigenvalue weighted by molar-refractivity contribution is 7.89. The van der Waals surface area contributed by atoms with Gasteiger partial charge in [-0.3, -0.25) is 4.68 Å². The number of thiophene rings is 1. The number of fused-ring (bicyclic) bond motifs is 1. The van der Waals surface area contributed by atoms with Crippen molar-refractivity contribution in [3.8, 4) is 0 Å². The van der Waals surface area contributed by atoms with Gasteiger partial charge in [0.1, 0.15) is 4.90 Å². The van der Waals surface area contributed by atoms with Gasteiger partial charge in [0.05, 0.1) is 0 Å². The molecule has 3 rings (SSSR count). The van der Waals surface area contributed by atoms with Crippen LogP contribution in [0.15, 0.2) is 22.5 Å². The average molecular weight is 312 g/mol. The van der Waals surface area contributed by atoms with Crippen LogP contribution in [-0.2, 0) is 23.5 Å². The molecular formula is C12H16N4O2S2. The molecule has 0 fully saturated rings. The van der Waals surface area contributed by atoms with Crippen molar-refractivity contribution >= 4 is 27.2 Å². The number of aryl methyl sites for hydroxylation is 1. The fourth-order valence-corrected chi connectivity index (χ4v) is 5.29. The van der Waals surface area contributed by atoms with E-state index >= 15 is 0 Å². The number of nitrogen functional groups attached to an aromatic ring is 1. The smallest absolute Gasteiger partial charge is 0.248 e. The zero-order valence-electron chi connectivity index (χ0n) is 11.3. The Balaban J connectivity index is 2.03. The Morgan fingerprint density at radius 3 is 2.90 bits per heavy atom. The Hall–Kier alpha value is -1.38. The Kier molecular flexibility index (Phi) is 3.11. The van der Waals surface area contributed by atoms with Crippen molar-refractivity contribution in [2.75, 3.05) is 12.3 Å². The monoisotopic (exact) mass is 312 g/mol. The van der Waals surface area contributed by atoms with Crippen molar-refractivity contribution in [3.05, 3.63) is 28.1 Å². The van der Waals surface area contributed by atoms with Crippen molar-refractivity contribution in [1.29, 1.82) is 0 Å². The summed E-state index contributed by atoms with van der Waals surface area (Å²) < 4.78 is 28.5. The average Bonchev–Trinajstić information content (AvgIpc) is 2.96. The highest BCUT2D eigenvalue weighted by Gasteiger charge is 2.36.